The van der Waals surface area contributed by atoms with Gasteiger partial charge in [0.25, 0.3) is 0 Å². The van der Waals surface area contributed by atoms with Gasteiger partial charge in [-0.25, -0.2) is 0 Å². The maximum Gasteiger partial charge on any atom is 0.119 e. The molecule has 0 fully saturated rings. The van der Waals surface area contributed by atoms with Crippen molar-refractivity contribution in [2.75, 3.05) is 26.8 Å². The average Bonchev–Trinajstić information content (AvgIpc) is 2.77. The molecule has 0 saturated heterocycles. The van der Waals surface area contributed by atoms with E-state index < -0.39 is 0 Å². The maximum absolute atomic E-state index is 8.68. The van der Waals surface area contributed by atoms with Crippen molar-refractivity contribution in [3.63, 3.8) is 0 Å². The van der Waals surface area contributed by atoms with Crippen LogP contribution in [0, 0.1) is 0 Å². The maximum atomic E-state index is 8.68. The molecule has 1 heterocycles. The zero-order chi connectivity index (χ0) is 12.1. The number of aromatic amines is 1. The monoisotopic (exact) mass is 234 g/mol. The molecule has 1 aromatic heterocycles. The number of aromatic nitrogens is 1. The van der Waals surface area contributed by atoms with Crippen LogP contribution in [0.25, 0.3) is 10.9 Å². The van der Waals surface area contributed by atoms with Crippen LogP contribution in [0.1, 0.15) is 5.56 Å². The van der Waals surface area contributed by atoms with Gasteiger partial charge >= 0.3 is 0 Å². The highest BCUT2D eigenvalue weighted by Gasteiger charge is 2.04. The van der Waals surface area contributed by atoms with Crippen molar-refractivity contribution in [1.82, 2.24) is 10.3 Å². The van der Waals surface area contributed by atoms with E-state index in [2.05, 4.69) is 10.3 Å². The number of hydrogen-bond donors (Lipinski definition) is 3. The molecule has 0 atom stereocenters. The minimum absolute atomic E-state index is 0.182. The van der Waals surface area contributed by atoms with E-state index in [-0.39, 0.29) is 6.61 Å². The lowest BCUT2D eigenvalue weighted by atomic mass is 10.1. The molecule has 0 spiro atoms. The lowest BCUT2D eigenvalue weighted by Crippen LogP contribution is -2.20. The van der Waals surface area contributed by atoms with Gasteiger partial charge in [-0.1, -0.05) is 0 Å². The Labute approximate surface area is 101 Å². The number of fused-ring (bicyclic) bond motifs is 1. The van der Waals surface area contributed by atoms with Gasteiger partial charge in [0, 0.05) is 23.6 Å². The Balaban J connectivity index is 2.11. The van der Waals surface area contributed by atoms with E-state index in [0.29, 0.717) is 6.54 Å². The molecule has 0 aliphatic carbocycles. The zero-order valence-corrected chi connectivity index (χ0v) is 9.99. The van der Waals surface area contributed by atoms with Crippen molar-refractivity contribution in [2.24, 2.45) is 0 Å². The summed E-state index contributed by atoms with van der Waals surface area (Å²) in [5, 5.41) is 13.1. The largest absolute Gasteiger partial charge is 0.497 e. The van der Waals surface area contributed by atoms with E-state index in [9.17, 15) is 0 Å². The van der Waals surface area contributed by atoms with E-state index in [0.717, 1.165) is 24.2 Å². The number of rotatable bonds is 6. The molecule has 0 bridgehead atoms. The van der Waals surface area contributed by atoms with E-state index >= 15 is 0 Å². The Hall–Kier alpha value is -1.52. The molecule has 2 rings (SSSR count). The topological polar surface area (TPSA) is 57.3 Å². The molecule has 1 aromatic carbocycles. The number of H-pyrrole nitrogens is 1. The van der Waals surface area contributed by atoms with Crippen LogP contribution in [-0.4, -0.2) is 36.9 Å². The predicted molar refractivity (Wildman–Crippen MR) is 68.5 cm³/mol. The summed E-state index contributed by atoms with van der Waals surface area (Å²) in [4.78, 5) is 3.25. The van der Waals surface area contributed by atoms with Gasteiger partial charge in [0.1, 0.15) is 5.75 Å². The minimum atomic E-state index is 0.182. The van der Waals surface area contributed by atoms with E-state index in [1.54, 1.807) is 7.11 Å². The first-order valence-electron chi connectivity index (χ1n) is 5.80. The molecular weight excluding hydrogens is 216 g/mol. The highest BCUT2D eigenvalue weighted by molar-refractivity contribution is 5.84. The Bertz CT molecular complexity index is 479. The summed E-state index contributed by atoms with van der Waals surface area (Å²) in [6, 6.07) is 6.03. The van der Waals surface area contributed by atoms with Gasteiger partial charge in [0.2, 0.25) is 0 Å². The normalized spacial score (nSPS) is 10.9. The molecule has 0 saturated carbocycles. The van der Waals surface area contributed by atoms with Crippen molar-refractivity contribution in [1.29, 1.82) is 0 Å². The fourth-order valence-corrected chi connectivity index (χ4v) is 1.92. The molecule has 3 N–H and O–H groups in total. The first kappa shape index (κ1) is 12.0. The molecule has 0 unspecified atom stereocenters. The van der Waals surface area contributed by atoms with Gasteiger partial charge in [-0.3, -0.25) is 0 Å². The van der Waals surface area contributed by atoms with Crippen LogP contribution in [0.3, 0.4) is 0 Å². The number of aliphatic hydroxyl groups is 1. The first-order chi connectivity index (χ1) is 8.35. The summed E-state index contributed by atoms with van der Waals surface area (Å²) in [6.07, 6.45) is 2.97. The van der Waals surface area contributed by atoms with Crippen molar-refractivity contribution in [3.8, 4) is 5.75 Å². The van der Waals surface area contributed by atoms with Crippen molar-refractivity contribution in [2.45, 2.75) is 6.42 Å². The van der Waals surface area contributed by atoms with Crippen molar-refractivity contribution < 1.29 is 9.84 Å². The van der Waals surface area contributed by atoms with E-state index in [4.69, 9.17) is 9.84 Å². The molecule has 0 aliphatic heterocycles. The summed E-state index contributed by atoms with van der Waals surface area (Å²) in [6.45, 7) is 1.69. The second-order valence-electron chi connectivity index (χ2n) is 3.95. The molecular formula is C13H18N2O2. The first-order valence-corrected chi connectivity index (χ1v) is 5.80. The third kappa shape index (κ3) is 2.78. The molecule has 0 aliphatic rings. The summed E-state index contributed by atoms with van der Waals surface area (Å²) in [5.74, 6) is 0.877. The molecule has 4 heteroatoms. The van der Waals surface area contributed by atoms with Gasteiger partial charge in [0.05, 0.1) is 13.7 Å². The van der Waals surface area contributed by atoms with Crippen LogP contribution in [0.2, 0.25) is 0 Å². The second kappa shape index (κ2) is 5.70. The fraction of sp³-hybridized carbons (Fsp3) is 0.385. The number of hydrogen-bond acceptors (Lipinski definition) is 3. The average molecular weight is 234 g/mol. The molecule has 2 aromatic rings. The van der Waals surface area contributed by atoms with E-state index in [1.807, 2.05) is 24.4 Å². The second-order valence-corrected chi connectivity index (χ2v) is 3.95. The number of aliphatic hydroxyl groups excluding tert-OH is 1. The van der Waals surface area contributed by atoms with Crippen molar-refractivity contribution in [3.05, 3.63) is 30.0 Å². The minimum Gasteiger partial charge on any atom is -0.497 e. The highest BCUT2D eigenvalue weighted by Crippen LogP contribution is 2.23. The molecule has 4 nitrogen and oxygen atoms in total. The Kier molecular flexibility index (Phi) is 4.01. The van der Waals surface area contributed by atoms with Gasteiger partial charge in [-0.05, 0) is 36.7 Å². The highest BCUT2D eigenvalue weighted by atomic mass is 16.5. The number of benzene rings is 1. The fourth-order valence-electron chi connectivity index (χ4n) is 1.92. The van der Waals surface area contributed by atoms with Crippen LogP contribution in [0.5, 0.6) is 5.75 Å². The SMILES string of the molecule is COc1ccc2[nH]cc(CCNCCO)c2c1. The third-order valence-corrected chi connectivity index (χ3v) is 2.83. The van der Waals surface area contributed by atoms with Crippen LogP contribution in [-0.2, 0) is 6.42 Å². The summed E-state index contributed by atoms with van der Waals surface area (Å²) < 4.78 is 5.23. The molecule has 0 radical (unpaired) electrons. The van der Waals surface area contributed by atoms with Gasteiger partial charge in [-0.15, -0.1) is 0 Å². The van der Waals surface area contributed by atoms with Crippen LogP contribution in [0.4, 0.5) is 0 Å². The van der Waals surface area contributed by atoms with Crippen LogP contribution < -0.4 is 10.1 Å². The van der Waals surface area contributed by atoms with Crippen LogP contribution >= 0.6 is 0 Å². The molecule has 17 heavy (non-hydrogen) atoms. The van der Waals surface area contributed by atoms with E-state index in [1.165, 1.54) is 10.9 Å². The standard InChI is InChI=1S/C13H18N2O2/c1-17-11-2-3-13-12(8-11)10(9-15-13)4-5-14-6-7-16/h2-3,8-9,14-16H,4-7H2,1H3. The molecule has 0 amide bonds. The summed E-state index contributed by atoms with van der Waals surface area (Å²) >= 11 is 0. The third-order valence-electron chi connectivity index (χ3n) is 2.83. The number of methoxy groups -OCH3 is 1. The smallest absolute Gasteiger partial charge is 0.119 e. The molecule has 92 valence electrons. The lowest BCUT2D eigenvalue weighted by Gasteiger charge is -2.03. The summed E-state index contributed by atoms with van der Waals surface area (Å²) in [7, 11) is 1.68. The Morgan fingerprint density at radius 2 is 2.24 bits per heavy atom. The van der Waals surface area contributed by atoms with Gasteiger partial charge < -0.3 is 20.1 Å². The quantitative estimate of drug-likeness (QED) is 0.660. The summed E-state index contributed by atoms with van der Waals surface area (Å²) in [5.41, 5.74) is 2.40. The van der Waals surface area contributed by atoms with Gasteiger partial charge in [0.15, 0.2) is 0 Å². The Morgan fingerprint density at radius 1 is 1.35 bits per heavy atom. The number of ether oxygens (including phenoxy) is 1. The Morgan fingerprint density at radius 3 is 3.00 bits per heavy atom. The number of nitrogens with one attached hydrogen (secondary N) is 2. The van der Waals surface area contributed by atoms with Crippen LogP contribution in [0.15, 0.2) is 24.4 Å². The predicted octanol–water partition coefficient (Wildman–Crippen LogP) is 1.30. The zero-order valence-electron chi connectivity index (χ0n) is 9.99. The lowest BCUT2D eigenvalue weighted by molar-refractivity contribution is 0.293. The van der Waals surface area contributed by atoms with Crippen molar-refractivity contribution >= 4 is 10.9 Å². The van der Waals surface area contributed by atoms with Gasteiger partial charge in [-0.2, -0.15) is 0 Å².